The third-order valence-electron chi connectivity index (χ3n) is 0.409. The van der Waals surface area contributed by atoms with E-state index < -0.39 is 0 Å². The Morgan fingerprint density at radius 3 is 1.30 bits per heavy atom. The molecule has 1 rings (SSSR count). The van der Waals surface area contributed by atoms with E-state index in [-0.39, 0.29) is 35.8 Å². The van der Waals surface area contributed by atoms with Gasteiger partial charge in [-0.25, -0.2) is 0 Å². The highest BCUT2D eigenvalue weighted by Gasteiger charge is 1.60. The van der Waals surface area contributed by atoms with Crippen molar-refractivity contribution in [3.8, 4) is 0 Å². The minimum absolute atomic E-state index is 0. The van der Waals surface area contributed by atoms with Gasteiger partial charge in [-0.1, -0.05) is 0 Å². The molecule has 7 heteroatoms. The van der Waals surface area contributed by atoms with Crippen LogP contribution in [0.15, 0.2) is 18.5 Å². The third-order valence-corrected chi connectivity index (χ3v) is 0.409. The number of hydrogen-bond acceptors (Lipinski definition) is 3. The Balaban J connectivity index is -0.0000000450. The average molecular weight is 190 g/mol. The Labute approximate surface area is 70.3 Å². The van der Waals surface area contributed by atoms with Crippen LogP contribution in [-0.4, -0.2) is 26.4 Å². The zero-order valence-corrected chi connectivity index (χ0v) is 6.52. The van der Waals surface area contributed by atoms with Crippen LogP contribution in [0.1, 0.15) is 0 Å². The fourth-order valence-electron chi connectivity index (χ4n) is 0.205. The van der Waals surface area contributed by atoms with E-state index in [1.54, 1.807) is 18.5 Å². The predicted molar refractivity (Wildman–Crippen MR) is 41.6 cm³/mol. The molecule has 0 aliphatic rings. The number of aromatic nitrogens is 3. The van der Waals surface area contributed by atoms with Crippen LogP contribution in [0.2, 0.25) is 0 Å². The molecular formula is C3H9Cl2N3O2. The summed E-state index contributed by atoms with van der Waals surface area (Å²) in [4.78, 5) is 0. The third kappa shape index (κ3) is 10.5. The van der Waals surface area contributed by atoms with Crippen LogP contribution in [0.4, 0.5) is 0 Å². The molecule has 0 atom stereocenters. The van der Waals surface area contributed by atoms with Crippen LogP contribution >= 0.6 is 24.8 Å². The molecule has 0 unspecified atom stereocenters. The van der Waals surface area contributed by atoms with Crippen molar-refractivity contribution in [2.75, 3.05) is 0 Å². The Morgan fingerprint density at radius 2 is 1.20 bits per heavy atom. The normalized spacial score (nSPS) is 4.80. The fraction of sp³-hybridized carbons (Fsp3) is 0. The zero-order chi connectivity index (χ0) is 4.24. The van der Waals surface area contributed by atoms with E-state index in [0.29, 0.717) is 0 Å². The molecule has 0 aromatic carbocycles. The smallest absolute Gasteiger partial charge is 0.0529 e. The molecule has 0 spiro atoms. The molecular weight excluding hydrogens is 181 g/mol. The predicted octanol–water partition coefficient (Wildman–Crippen LogP) is -0.934. The molecule has 0 saturated carbocycles. The first-order valence-corrected chi connectivity index (χ1v) is 1.58. The number of nitrogens with zero attached hydrogens (tertiary/aromatic N) is 3. The SMILES string of the molecule is Cl.Cl.O.O.c1cnnnc1. The van der Waals surface area contributed by atoms with Crippen molar-refractivity contribution in [3.05, 3.63) is 18.5 Å². The lowest BCUT2D eigenvalue weighted by Gasteiger charge is -1.68. The second-order valence-electron chi connectivity index (χ2n) is 0.811. The maximum Gasteiger partial charge on any atom is 0.0529 e. The van der Waals surface area contributed by atoms with Gasteiger partial charge in [-0.3, -0.25) is 0 Å². The van der Waals surface area contributed by atoms with Gasteiger partial charge in [0.2, 0.25) is 0 Å². The van der Waals surface area contributed by atoms with Crippen molar-refractivity contribution >= 4 is 24.8 Å². The summed E-state index contributed by atoms with van der Waals surface area (Å²) in [7, 11) is 0. The maximum absolute atomic E-state index is 3.42. The summed E-state index contributed by atoms with van der Waals surface area (Å²) in [6.45, 7) is 0. The standard InChI is InChI=1S/C3H3N3.2ClH.2H2O/c1-2-4-6-5-3-1;;;;/h1-3H;2*1H;2*1H2. The minimum Gasteiger partial charge on any atom is -0.412 e. The Kier molecular flexibility index (Phi) is 35.9. The number of rotatable bonds is 0. The molecule has 0 radical (unpaired) electrons. The molecule has 1 heterocycles. The number of hydrogen-bond donors (Lipinski definition) is 0. The maximum atomic E-state index is 3.42. The van der Waals surface area contributed by atoms with Crippen molar-refractivity contribution in [2.45, 2.75) is 0 Å². The van der Waals surface area contributed by atoms with E-state index in [1.165, 1.54) is 0 Å². The van der Waals surface area contributed by atoms with Crippen LogP contribution in [0.3, 0.4) is 0 Å². The van der Waals surface area contributed by atoms with Gasteiger partial charge in [-0.05, 0) is 11.3 Å². The molecule has 0 bridgehead atoms. The average Bonchev–Trinajstić information content (AvgIpc) is 1.72. The van der Waals surface area contributed by atoms with Gasteiger partial charge in [0.15, 0.2) is 0 Å². The molecule has 1 aromatic heterocycles. The van der Waals surface area contributed by atoms with Crippen molar-refractivity contribution < 1.29 is 11.0 Å². The van der Waals surface area contributed by atoms with Gasteiger partial charge >= 0.3 is 0 Å². The van der Waals surface area contributed by atoms with Crippen molar-refractivity contribution in [3.63, 3.8) is 0 Å². The summed E-state index contributed by atoms with van der Waals surface area (Å²) in [5, 5.41) is 10.1. The first-order valence-electron chi connectivity index (χ1n) is 1.58. The van der Waals surface area contributed by atoms with Crippen LogP contribution in [0.25, 0.3) is 0 Å². The summed E-state index contributed by atoms with van der Waals surface area (Å²) < 4.78 is 0. The van der Waals surface area contributed by atoms with E-state index in [2.05, 4.69) is 15.4 Å². The lowest BCUT2D eigenvalue weighted by Crippen LogP contribution is -1.78. The van der Waals surface area contributed by atoms with E-state index in [0.717, 1.165) is 0 Å². The van der Waals surface area contributed by atoms with Gasteiger partial charge in [0.25, 0.3) is 0 Å². The molecule has 0 saturated heterocycles. The summed E-state index contributed by atoms with van der Waals surface area (Å²) in [5.41, 5.74) is 0. The quantitative estimate of drug-likeness (QED) is 0.527. The van der Waals surface area contributed by atoms with E-state index >= 15 is 0 Å². The summed E-state index contributed by atoms with van der Waals surface area (Å²) in [6, 6.07) is 1.72. The van der Waals surface area contributed by atoms with Gasteiger partial charge in [0.1, 0.15) is 0 Å². The highest BCUT2D eigenvalue weighted by Crippen LogP contribution is 1.61. The highest BCUT2D eigenvalue weighted by atomic mass is 35.5. The fourth-order valence-corrected chi connectivity index (χ4v) is 0.205. The van der Waals surface area contributed by atoms with E-state index in [4.69, 9.17) is 0 Å². The molecule has 1 aromatic rings. The van der Waals surface area contributed by atoms with Crippen molar-refractivity contribution in [1.29, 1.82) is 0 Å². The molecule has 0 aliphatic carbocycles. The van der Waals surface area contributed by atoms with Gasteiger partial charge < -0.3 is 11.0 Å². The molecule has 5 nitrogen and oxygen atoms in total. The second-order valence-corrected chi connectivity index (χ2v) is 0.811. The second kappa shape index (κ2) is 15.8. The van der Waals surface area contributed by atoms with Crippen molar-refractivity contribution in [2.24, 2.45) is 0 Å². The lowest BCUT2D eigenvalue weighted by atomic mass is 10.7. The first kappa shape index (κ1) is 22.7. The minimum atomic E-state index is 0. The lowest BCUT2D eigenvalue weighted by molar-refractivity contribution is 0.823. The monoisotopic (exact) mass is 189 g/mol. The van der Waals surface area contributed by atoms with Gasteiger partial charge in [-0.2, -0.15) is 0 Å². The number of halogens is 2. The Morgan fingerprint density at radius 1 is 0.800 bits per heavy atom. The van der Waals surface area contributed by atoms with Gasteiger partial charge in [0, 0.05) is 0 Å². The Hall–Kier alpha value is -0.490. The summed E-state index contributed by atoms with van der Waals surface area (Å²) in [6.07, 6.45) is 3.15. The zero-order valence-electron chi connectivity index (χ0n) is 4.89. The first-order chi connectivity index (χ1) is 3.00. The highest BCUT2D eigenvalue weighted by molar-refractivity contribution is 5.85. The van der Waals surface area contributed by atoms with Gasteiger partial charge in [0.05, 0.1) is 12.4 Å². The van der Waals surface area contributed by atoms with Crippen molar-refractivity contribution in [1.82, 2.24) is 15.4 Å². The van der Waals surface area contributed by atoms with E-state index in [9.17, 15) is 0 Å². The molecule has 10 heavy (non-hydrogen) atoms. The molecule has 0 fully saturated rings. The molecule has 0 aliphatic heterocycles. The molecule has 62 valence electrons. The molecule has 4 N–H and O–H groups in total. The van der Waals surface area contributed by atoms with Crippen LogP contribution in [0.5, 0.6) is 0 Å². The van der Waals surface area contributed by atoms with Crippen LogP contribution < -0.4 is 0 Å². The van der Waals surface area contributed by atoms with Crippen LogP contribution in [0, 0.1) is 0 Å². The summed E-state index contributed by atoms with van der Waals surface area (Å²) >= 11 is 0. The Bertz CT molecular complexity index is 91.7. The largest absolute Gasteiger partial charge is 0.412 e. The topological polar surface area (TPSA) is 102 Å². The van der Waals surface area contributed by atoms with Crippen LogP contribution in [-0.2, 0) is 0 Å². The summed E-state index contributed by atoms with van der Waals surface area (Å²) in [5.74, 6) is 0. The van der Waals surface area contributed by atoms with E-state index in [1.807, 2.05) is 0 Å². The van der Waals surface area contributed by atoms with Gasteiger partial charge in [-0.15, -0.1) is 35.0 Å². The molecule has 0 amide bonds.